The third-order valence-corrected chi connectivity index (χ3v) is 6.63. The molecule has 5 nitrogen and oxygen atoms in total. The van der Waals surface area contributed by atoms with Crippen molar-refractivity contribution in [2.75, 3.05) is 13.2 Å². The Morgan fingerprint density at radius 2 is 1.67 bits per heavy atom. The second kappa shape index (κ2) is 7.42. The third-order valence-electron chi connectivity index (χ3n) is 2.48. The predicted molar refractivity (Wildman–Crippen MR) is 70.9 cm³/mol. The van der Waals surface area contributed by atoms with Gasteiger partial charge < -0.3 is 23.2 Å². The molecule has 0 spiro atoms. The first-order valence-electron chi connectivity index (χ1n) is 5.99. The molecule has 2 aliphatic rings. The predicted octanol–water partition coefficient (Wildman–Crippen LogP) is 3.22. The van der Waals surface area contributed by atoms with Gasteiger partial charge in [-0.1, -0.05) is 13.3 Å². The molecule has 2 heterocycles. The van der Waals surface area contributed by atoms with E-state index in [0.29, 0.717) is 19.6 Å². The lowest BCUT2D eigenvalue weighted by molar-refractivity contribution is 0.157. The van der Waals surface area contributed by atoms with Crippen LogP contribution in [0.3, 0.4) is 0 Å². The van der Waals surface area contributed by atoms with Crippen molar-refractivity contribution in [3.05, 3.63) is 24.7 Å². The molecule has 0 aliphatic carbocycles. The Morgan fingerprint density at radius 3 is 2.06 bits per heavy atom. The van der Waals surface area contributed by atoms with Gasteiger partial charge in [0.1, 0.15) is 5.40 Å². The molecule has 3 unspecified atom stereocenters. The van der Waals surface area contributed by atoms with Crippen LogP contribution in [0.2, 0.25) is 0 Å². The van der Waals surface area contributed by atoms with Crippen molar-refractivity contribution >= 4 is 16.8 Å². The maximum atomic E-state index is 10.3. The van der Waals surface area contributed by atoms with E-state index in [9.17, 15) is 5.11 Å². The molecule has 0 aromatic heterocycles. The molecule has 18 heavy (non-hydrogen) atoms. The summed E-state index contributed by atoms with van der Waals surface area (Å²) in [5, 5.41) is 10.0. The summed E-state index contributed by atoms with van der Waals surface area (Å²) in [7, 11) is -2.40. The minimum Gasteiger partial charge on any atom is -0.455 e. The standard InChI is InChI=1S/C11H18O5P2/c1-2-5-10(12)11(17-13-6-3-7-14-17)18-15-8-4-9-16-18/h3-4,6,8,10-12H,2,5,7,9H2,1H3. The van der Waals surface area contributed by atoms with Crippen LogP contribution in [-0.4, -0.2) is 29.8 Å². The normalized spacial score (nSPS) is 30.3. The summed E-state index contributed by atoms with van der Waals surface area (Å²) >= 11 is 0. The largest absolute Gasteiger partial charge is 0.455 e. The van der Waals surface area contributed by atoms with Gasteiger partial charge in [-0.15, -0.1) is 0 Å². The molecular weight excluding hydrogens is 274 g/mol. The fraction of sp³-hybridized carbons (Fsp3) is 0.636. The SMILES string of the molecule is CCCC(O)C(P1OC=CCO1)P1OC=CCO1. The maximum Gasteiger partial charge on any atom is 0.246 e. The summed E-state index contributed by atoms with van der Waals surface area (Å²) in [5.74, 6) is 0. The van der Waals surface area contributed by atoms with Crippen molar-refractivity contribution in [3.63, 3.8) is 0 Å². The van der Waals surface area contributed by atoms with E-state index in [1.54, 1.807) is 24.7 Å². The molecule has 0 aromatic rings. The lowest BCUT2D eigenvalue weighted by Crippen LogP contribution is -2.26. The van der Waals surface area contributed by atoms with Gasteiger partial charge in [-0.2, -0.15) is 0 Å². The maximum absolute atomic E-state index is 10.3. The zero-order chi connectivity index (χ0) is 12.8. The van der Waals surface area contributed by atoms with Gasteiger partial charge in [-0.25, -0.2) is 0 Å². The zero-order valence-corrected chi connectivity index (χ0v) is 12.1. The van der Waals surface area contributed by atoms with Gasteiger partial charge in [-0.05, 0) is 18.6 Å². The molecule has 0 fully saturated rings. The van der Waals surface area contributed by atoms with Crippen LogP contribution in [0.25, 0.3) is 0 Å². The Bertz CT molecular complexity index is 286. The molecule has 0 bridgehead atoms. The number of aliphatic hydroxyl groups is 1. The van der Waals surface area contributed by atoms with E-state index < -0.39 is 22.9 Å². The summed E-state index contributed by atoms with van der Waals surface area (Å²) in [6.45, 7) is 3.06. The van der Waals surface area contributed by atoms with E-state index in [4.69, 9.17) is 18.1 Å². The van der Waals surface area contributed by atoms with Crippen LogP contribution < -0.4 is 0 Å². The Hall–Kier alpha value is -0.180. The van der Waals surface area contributed by atoms with Crippen LogP contribution in [0.15, 0.2) is 24.7 Å². The quantitative estimate of drug-likeness (QED) is 0.788. The third kappa shape index (κ3) is 3.66. The van der Waals surface area contributed by atoms with E-state index in [-0.39, 0.29) is 5.40 Å². The molecule has 2 rings (SSSR count). The van der Waals surface area contributed by atoms with Crippen molar-refractivity contribution in [2.45, 2.75) is 31.3 Å². The Labute approximate surface area is 110 Å². The highest BCUT2D eigenvalue weighted by molar-refractivity contribution is 7.66. The molecule has 0 aromatic carbocycles. The first-order chi connectivity index (χ1) is 8.83. The van der Waals surface area contributed by atoms with Crippen molar-refractivity contribution in [3.8, 4) is 0 Å². The van der Waals surface area contributed by atoms with Crippen molar-refractivity contribution in [1.82, 2.24) is 0 Å². The van der Waals surface area contributed by atoms with Gasteiger partial charge in [0.05, 0.1) is 31.8 Å². The van der Waals surface area contributed by atoms with Crippen molar-refractivity contribution in [1.29, 1.82) is 0 Å². The molecule has 0 saturated heterocycles. The zero-order valence-electron chi connectivity index (χ0n) is 10.3. The number of aliphatic hydroxyl groups excluding tert-OH is 1. The van der Waals surface area contributed by atoms with E-state index in [1.165, 1.54) is 0 Å². The van der Waals surface area contributed by atoms with Gasteiger partial charge >= 0.3 is 0 Å². The van der Waals surface area contributed by atoms with Crippen LogP contribution in [0.4, 0.5) is 0 Å². The molecule has 3 atom stereocenters. The molecular formula is C11H18O5P2. The summed E-state index contributed by atoms with van der Waals surface area (Å²) in [5.41, 5.74) is 0. The summed E-state index contributed by atoms with van der Waals surface area (Å²) in [6, 6.07) is 0. The van der Waals surface area contributed by atoms with E-state index >= 15 is 0 Å². The second-order valence-corrected chi connectivity index (χ2v) is 7.49. The summed E-state index contributed by atoms with van der Waals surface area (Å²) in [4.78, 5) is 0. The highest BCUT2D eigenvalue weighted by Crippen LogP contribution is 2.63. The van der Waals surface area contributed by atoms with Crippen molar-refractivity contribution < 1.29 is 23.2 Å². The highest BCUT2D eigenvalue weighted by Gasteiger charge is 2.42. The molecule has 7 heteroatoms. The van der Waals surface area contributed by atoms with Gasteiger partial charge in [0.15, 0.2) is 0 Å². The number of hydrogen-bond acceptors (Lipinski definition) is 5. The summed E-state index contributed by atoms with van der Waals surface area (Å²) < 4.78 is 22.2. The fourth-order valence-corrected chi connectivity index (χ4v) is 5.42. The van der Waals surface area contributed by atoms with Crippen LogP contribution in [-0.2, 0) is 18.1 Å². The van der Waals surface area contributed by atoms with Gasteiger partial charge in [0, 0.05) is 0 Å². The van der Waals surface area contributed by atoms with E-state index in [2.05, 4.69) is 0 Å². The first kappa shape index (κ1) is 14.2. The molecule has 1 N–H and O–H groups in total. The van der Waals surface area contributed by atoms with Gasteiger partial charge in [-0.3, -0.25) is 0 Å². The average molecular weight is 292 g/mol. The van der Waals surface area contributed by atoms with Crippen LogP contribution >= 0.6 is 16.8 Å². The van der Waals surface area contributed by atoms with Crippen LogP contribution in [0.5, 0.6) is 0 Å². The van der Waals surface area contributed by atoms with Crippen LogP contribution in [0, 0.1) is 0 Å². The first-order valence-corrected chi connectivity index (χ1v) is 8.48. The second-order valence-electron chi connectivity index (χ2n) is 3.89. The average Bonchev–Trinajstić information content (AvgIpc) is 2.42. The lowest BCUT2D eigenvalue weighted by atomic mass is 10.2. The van der Waals surface area contributed by atoms with Gasteiger partial charge in [0.2, 0.25) is 16.8 Å². The van der Waals surface area contributed by atoms with Crippen molar-refractivity contribution in [2.24, 2.45) is 0 Å². The molecule has 0 amide bonds. The fourth-order valence-electron chi connectivity index (χ4n) is 1.66. The molecule has 2 aliphatic heterocycles. The highest BCUT2D eigenvalue weighted by atomic mass is 31.2. The van der Waals surface area contributed by atoms with Crippen LogP contribution in [0.1, 0.15) is 19.8 Å². The Balaban J connectivity index is 2.05. The minimum atomic E-state index is -1.20. The monoisotopic (exact) mass is 292 g/mol. The van der Waals surface area contributed by atoms with E-state index in [1.807, 2.05) is 6.92 Å². The number of rotatable bonds is 5. The number of hydrogen-bond donors (Lipinski definition) is 1. The Kier molecular flexibility index (Phi) is 5.87. The Morgan fingerprint density at radius 1 is 1.11 bits per heavy atom. The van der Waals surface area contributed by atoms with Gasteiger partial charge in [0.25, 0.3) is 0 Å². The van der Waals surface area contributed by atoms with E-state index in [0.717, 1.165) is 6.42 Å². The topological polar surface area (TPSA) is 57.2 Å². The molecule has 0 radical (unpaired) electrons. The molecule has 102 valence electrons. The summed E-state index contributed by atoms with van der Waals surface area (Å²) in [6.07, 6.45) is 7.94. The smallest absolute Gasteiger partial charge is 0.246 e. The molecule has 0 saturated carbocycles. The minimum absolute atomic E-state index is 0.232. The lowest BCUT2D eigenvalue weighted by Gasteiger charge is -2.34.